The van der Waals surface area contributed by atoms with E-state index in [9.17, 15) is 4.79 Å². The number of carbonyl (C=O) groups is 1. The molecule has 0 aromatic carbocycles. The molecule has 5 fully saturated rings. The predicted molar refractivity (Wildman–Crippen MR) is 74.4 cm³/mol. The van der Waals surface area contributed by atoms with Crippen molar-refractivity contribution in [1.29, 1.82) is 0 Å². The molecule has 0 radical (unpaired) electrons. The SMILES string of the molecule is NC(C(=O)NC1CCC1)C12CC3CC(CC(C3)C1)C2. The molecule has 3 heteroatoms. The number of hydrogen-bond donors (Lipinski definition) is 2. The van der Waals surface area contributed by atoms with E-state index in [-0.39, 0.29) is 17.4 Å². The van der Waals surface area contributed by atoms with Crippen LogP contribution in [0.15, 0.2) is 0 Å². The van der Waals surface area contributed by atoms with E-state index in [1.54, 1.807) is 0 Å². The zero-order chi connectivity index (χ0) is 13.0. The van der Waals surface area contributed by atoms with Gasteiger partial charge in [0.25, 0.3) is 0 Å². The molecular weight excluding hydrogens is 236 g/mol. The molecular formula is C16H26N2O. The van der Waals surface area contributed by atoms with E-state index in [0.717, 1.165) is 30.6 Å². The zero-order valence-electron chi connectivity index (χ0n) is 11.7. The molecule has 4 bridgehead atoms. The van der Waals surface area contributed by atoms with Gasteiger partial charge in [0.2, 0.25) is 5.91 Å². The molecule has 5 saturated carbocycles. The molecule has 1 unspecified atom stereocenters. The molecule has 0 aromatic rings. The van der Waals surface area contributed by atoms with Crippen molar-refractivity contribution >= 4 is 5.91 Å². The van der Waals surface area contributed by atoms with Crippen molar-refractivity contribution in [3.63, 3.8) is 0 Å². The summed E-state index contributed by atoms with van der Waals surface area (Å²) >= 11 is 0. The second-order valence-electron chi connectivity index (χ2n) is 7.89. The molecule has 3 nitrogen and oxygen atoms in total. The van der Waals surface area contributed by atoms with Crippen LogP contribution in [0.2, 0.25) is 0 Å². The van der Waals surface area contributed by atoms with Crippen molar-refractivity contribution in [2.24, 2.45) is 28.9 Å². The summed E-state index contributed by atoms with van der Waals surface area (Å²) < 4.78 is 0. The third kappa shape index (κ3) is 1.93. The van der Waals surface area contributed by atoms with Gasteiger partial charge in [0.15, 0.2) is 0 Å². The summed E-state index contributed by atoms with van der Waals surface area (Å²) in [6.45, 7) is 0. The Morgan fingerprint density at radius 3 is 2.00 bits per heavy atom. The van der Waals surface area contributed by atoms with E-state index in [2.05, 4.69) is 5.32 Å². The first-order chi connectivity index (χ1) is 9.14. The molecule has 19 heavy (non-hydrogen) atoms. The van der Waals surface area contributed by atoms with Crippen LogP contribution in [0.25, 0.3) is 0 Å². The predicted octanol–water partition coefficient (Wildman–Crippen LogP) is 2.20. The lowest BCUT2D eigenvalue weighted by Crippen LogP contribution is -2.60. The van der Waals surface area contributed by atoms with E-state index in [1.807, 2.05) is 0 Å². The fraction of sp³-hybridized carbons (Fsp3) is 0.938. The highest BCUT2D eigenvalue weighted by Gasteiger charge is 2.55. The number of hydrogen-bond acceptors (Lipinski definition) is 2. The maximum atomic E-state index is 12.4. The molecule has 0 aliphatic heterocycles. The third-order valence-corrected chi connectivity index (χ3v) is 6.48. The summed E-state index contributed by atoms with van der Waals surface area (Å²) in [5.41, 5.74) is 6.59. The van der Waals surface area contributed by atoms with Crippen molar-refractivity contribution in [1.82, 2.24) is 5.32 Å². The normalized spacial score (nSPS) is 45.8. The maximum Gasteiger partial charge on any atom is 0.237 e. The van der Waals surface area contributed by atoms with Crippen molar-refractivity contribution in [3.05, 3.63) is 0 Å². The summed E-state index contributed by atoms with van der Waals surface area (Å²) in [7, 11) is 0. The van der Waals surface area contributed by atoms with Crippen molar-refractivity contribution in [2.45, 2.75) is 69.9 Å². The Morgan fingerprint density at radius 1 is 1.05 bits per heavy atom. The Bertz CT molecular complexity index is 353. The molecule has 3 N–H and O–H groups in total. The minimum Gasteiger partial charge on any atom is -0.352 e. The average molecular weight is 262 g/mol. The largest absolute Gasteiger partial charge is 0.352 e. The molecule has 1 amide bonds. The number of rotatable bonds is 3. The highest BCUT2D eigenvalue weighted by Crippen LogP contribution is 2.61. The number of nitrogens with one attached hydrogen (secondary N) is 1. The van der Waals surface area contributed by atoms with Gasteiger partial charge in [-0.25, -0.2) is 0 Å². The molecule has 5 rings (SSSR count). The minimum atomic E-state index is -0.249. The van der Waals surface area contributed by atoms with Crippen molar-refractivity contribution < 1.29 is 4.79 Å². The third-order valence-electron chi connectivity index (χ3n) is 6.48. The summed E-state index contributed by atoms with van der Waals surface area (Å²) in [5.74, 6) is 2.75. The van der Waals surface area contributed by atoms with E-state index < -0.39 is 0 Å². The van der Waals surface area contributed by atoms with Gasteiger partial charge in [-0.1, -0.05) is 0 Å². The van der Waals surface area contributed by atoms with Gasteiger partial charge in [-0.15, -0.1) is 0 Å². The molecule has 0 aromatic heterocycles. The molecule has 0 spiro atoms. The quantitative estimate of drug-likeness (QED) is 0.819. The molecule has 0 saturated heterocycles. The zero-order valence-corrected chi connectivity index (χ0v) is 11.7. The number of nitrogens with two attached hydrogens (primary N) is 1. The van der Waals surface area contributed by atoms with Gasteiger partial charge in [-0.3, -0.25) is 4.79 Å². The first-order valence-corrected chi connectivity index (χ1v) is 8.20. The van der Waals surface area contributed by atoms with Crippen LogP contribution in [0.5, 0.6) is 0 Å². The summed E-state index contributed by atoms with van der Waals surface area (Å²) in [4.78, 5) is 12.4. The topological polar surface area (TPSA) is 55.1 Å². The van der Waals surface area contributed by atoms with E-state index >= 15 is 0 Å². The Hall–Kier alpha value is -0.570. The fourth-order valence-electron chi connectivity index (χ4n) is 5.68. The number of carbonyl (C=O) groups excluding carboxylic acids is 1. The van der Waals surface area contributed by atoms with E-state index in [4.69, 9.17) is 5.73 Å². The Morgan fingerprint density at radius 2 is 1.58 bits per heavy atom. The standard InChI is InChI=1S/C16H26N2O/c17-14(15(19)18-13-2-1-3-13)16-7-10-4-11(8-16)6-12(5-10)9-16/h10-14H,1-9,17H2,(H,18,19). The van der Waals surface area contributed by atoms with Gasteiger partial charge in [0.1, 0.15) is 0 Å². The summed E-state index contributed by atoms with van der Waals surface area (Å²) in [6.07, 6.45) is 11.5. The van der Waals surface area contributed by atoms with E-state index in [1.165, 1.54) is 44.9 Å². The minimum absolute atomic E-state index is 0.145. The van der Waals surface area contributed by atoms with Crippen molar-refractivity contribution in [3.8, 4) is 0 Å². The van der Waals surface area contributed by atoms with Crippen LogP contribution < -0.4 is 11.1 Å². The second kappa shape index (κ2) is 4.21. The van der Waals surface area contributed by atoms with Gasteiger partial charge in [-0.2, -0.15) is 0 Å². The number of amides is 1. The first-order valence-electron chi connectivity index (χ1n) is 8.20. The van der Waals surface area contributed by atoms with Gasteiger partial charge in [-0.05, 0) is 81.0 Å². The van der Waals surface area contributed by atoms with Crippen LogP contribution >= 0.6 is 0 Å². The lowest BCUT2D eigenvalue weighted by Gasteiger charge is -2.58. The van der Waals surface area contributed by atoms with Crippen LogP contribution in [0.3, 0.4) is 0 Å². The Kier molecular flexibility index (Phi) is 2.70. The second-order valence-corrected chi connectivity index (χ2v) is 7.89. The molecule has 5 aliphatic rings. The van der Waals surface area contributed by atoms with Crippen LogP contribution in [-0.2, 0) is 4.79 Å². The Balaban J connectivity index is 1.49. The highest BCUT2D eigenvalue weighted by atomic mass is 16.2. The molecule has 1 atom stereocenters. The smallest absolute Gasteiger partial charge is 0.237 e. The molecule has 5 aliphatic carbocycles. The monoisotopic (exact) mass is 262 g/mol. The summed E-state index contributed by atoms with van der Waals surface area (Å²) in [6, 6.07) is 0.175. The molecule has 106 valence electrons. The summed E-state index contributed by atoms with van der Waals surface area (Å²) in [5, 5.41) is 3.18. The van der Waals surface area contributed by atoms with Gasteiger partial charge in [0, 0.05) is 6.04 Å². The van der Waals surface area contributed by atoms with Gasteiger partial charge < -0.3 is 11.1 Å². The van der Waals surface area contributed by atoms with Crippen molar-refractivity contribution in [2.75, 3.05) is 0 Å². The lowest BCUT2D eigenvalue weighted by atomic mass is 9.47. The Labute approximate surface area is 115 Å². The van der Waals surface area contributed by atoms with Gasteiger partial charge >= 0.3 is 0 Å². The van der Waals surface area contributed by atoms with Crippen LogP contribution in [-0.4, -0.2) is 18.0 Å². The van der Waals surface area contributed by atoms with Crippen LogP contribution in [0, 0.1) is 23.2 Å². The maximum absolute atomic E-state index is 12.4. The highest BCUT2D eigenvalue weighted by molar-refractivity contribution is 5.83. The lowest BCUT2D eigenvalue weighted by molar-refractivity contribution is -0.134. The fourth-order valence-corrected chi connectivity index (χ4v) is 5.68. The van der Waals surface area contributed by atoms with Gasteiger partial charge in [0.05, 0.1) is 6.04 Å². The average Bonchev–Trinajstić information content (AvgIpc) is 2.31. The van der Waals surface area contributed by atoms with E-state index in [0.29, 0.717) is 6.04 Å². The first kappa shape index (κ1) is 12.2. The van der Waals surface area contributed by atoms with Crippen LogP contribution in [0.4, 0.5) is 0 Å². The van der Waals surface area contributed by atoms with Crippen LogP contribution in [0.1, 0.15) is 57.8 Å². The molecule has 0 heterocycles.